The van der Waals surface area contributed by atoms with Crippen molar-refractivity contribution in [3.63, 3.8) is 0 Å². The third kappa shape index (κ3) is 8.01. The van der Waals surface area contributed by atoms with E-state index in [1.165, 1.54) is 0 Å². The first kappa shape index (κ1) is 13.4. The lowest BCUT2D eigenvalue weighted by Crippen LogP contribution is -2.28. The second kappa shape index (κ2) is 6.79. The molecule has 0 radical (unpaired) electrons. The second-order valence-electron chi connectivity index (χ2n) is 3.99. The van der Waals surface area contributed by atoms with E-state index in [4.69, 9.17) is 10.8 Å². The van der Waals surface area contributed by atoms with Crippen molar-refractivity contribution in [3.05, 3.63) is 0 Å². The number of aliphatic hydroxyl groups excluding tert-OH is 1. The molecule has 0 aliphatic rings. The third-order valence-electron chi connectivity index (χ3n) is 2.08. The molecule has 0 amide bonds. The number of rotatable bonds is 7. The zero-order valence-electron chi connectivity index (χ0n) is 9.16. The fourth-order valence-corrected chi connectivity index (χ4v) is 1.13. The molecule has 84 valence electrons. The van der Waals surface area contributed by atoms with Crippen LogP contribution in [0.1, 0.15) is 39.5 Å². The highest BCUT2D eigenvalue weighted by Gasteiger charge is 2.17. The van der Waals surface area contributed by atoms with Crippen LogP contribution in [-0.2, 0) is 0 Å². The molecule has 0 aliphatic heterocycles. The van der Waals surface area contributed by atoms with Gasteiger partial charge in [-0.15, -0.1) is 0 Å². The molecule has 4 nitrogen and oxygen atoms in total. The van der Waals surface area contributed by atoms with E-state index in [0.717, 1.165) is 25.8 Å². The molecule has 0 fully saturated rings. The van der Waals surface area contributed by atoms with Crippen LogP contribution in [0.25, 0.3) is 0 Å². The van der Waals surface area contributed by atoms with Gasteiger partial charge in [-0.25, -0.2) is 0 Å². The minimum atomic E-state index is -0.924. The summed E-state index contributed by atoms with van der Waals surface area (Å²) in [5, 5.41) is 18.3. The van der Waals surface area contributed by atoms with Gasteiger partial charge in [0.2, 0.25) is 0 Å². The first-order valence-corrected chi connectivity index (χ1v) is 5.08. The van der Waals surface area contributed by atoms with Crippen molar-refractivity contribution < 1.29 is 10.2 Å². The zero-order chi connectivity index (χ0) is 11.0. The van der Waals surface area contributed by atoms with Crippen LogP contribution < -0.4 is 5.73 Å². The lowest BCUT2D eigenvalue weighted by Gasteiger charge is -2.19. The molecule has 0 heterocycles. The van der Waals surface area contributed by atoms with Crippen LogP contribution in [-0.4, -0.2) is 34.8 Å². The summed E-state index contributed by atoms with van der Waals surface area (Å²) < 4.78 is 0. The van der Waals surface area contributed by atoms with Gasteiger partial charge >= 0.3 is 0 Å². The summed E-state index contributed by atoms with van der Waals surface area (Å²) in [4.78, 5) is 4.06. The molecule has 0 spiro atoms. The van der Waals surface area contributed by atoms with Gasteiger partial charge in [0.1, 0.15) is 0 Å². The van der Waals surface area contributed by atoms with Crippen LogP contribution in [0.4, 0.5) is 0 Å². The minimum absolute atomic E-state index is 0.174. The fraction of sp³-hybridized carbons (Fsp3) is 0.900. The maximum Gasteiger partial charge on any atom is 0.0905 e. The normalized spacial score (nSPS) is 16.7. The van der Waals surface area contributed by atoms with Crippen LogP contribution >= 0.6 is 0 Å². The van der Waals surface area contributed by atoms with Crippen LogP contribution in [0.3, 0.4) is 0 Å². The Kier molecular flexibility index (Phi) is 6.49. The number of aliphatic hydroxyl groups is 2. The van der Waals surface area contributed by atoms with Gasteiger partial charge in [-0.2, -0.15) is 0 Å². The van der Waals surface area contributed by atoms with Gasteiger partial charge in [-0.3, -0.25) is 4.99 Å². The van der Waals surface area contributed by atoms with Gasteiger partial charge in [-0.1, -0.05) is 12.8 Å². The molecule has 0 saturated heterocycles. The van der Waals surface area contributed by atoms with Gasteiger partial charge in [0.15, 0.2) is 0 Å². The molecule has 4 heteroatoms. The summed E-state index contributed by atoms with van der Waals surface area (Å²) in [6.07, 6.45) is 3.53. The maximum atomic E-state index is 9.47. The number of hydrogen-bond donors (Lipinski definition) is 3. The lowest BCUT2D eigenvalue weighted by molar-refractivity contribution is -0.00689. The predicted octanol–water partition coefficient (Wildman–Crippen LogP) is 0.667. The average Bonchev–Trinajstić information content (AvgIpc) is 2.10. The summed E-state index contributed by atoms with van der Waals surface area (Å²) in [6.45, 7) is 4.00. The topological polar surface area (TPSA) is 78.8 Å². The molecule has 14 heavy (non-hydrogen) atoms. The van der Waals surface area contributed by atoms with Crippen molar-refractivity contribution in [1.82, 2.24) is 0 Å². The largest absolute Gasteiger partial charge is 0.393 e. The number of amidine groups is 1. The van der Waals surface area contributed by atoms with Crippen molar-refractivity contribution in [2.45, 2.75) is 45.1 Å². The Morgan fingerprint density at radius 1 is 1.36 bits per heavy atom. The second-order valence-corrected chi connectivity index (χ2v) is 3.99. The number of hydrogen-bond acceptors (Lipinski definition) is 3. The molecule has 0 aromatic rings. The van der Waals surface area contributed by atoms with E-state index in [2.05, 4.69) is 4.99 Å². The first-order chi connectivity index (χ1) is 6.48. The molecule has 0 aliphatic carbocycles. The molecule has 4 N–H and O–H groups in total. The Hall–Kier alpha value is -0.610. The molecule has 0 aromatic heterocycles. The molecule has 0 bridgehead atoms. The van der Waals surface area contributed by atoms with Crippen molar-refractivity contribution >= 4 is 5.84 Å². The zero-order valence-corrected chi connectivity index (χ0v) is 9.16. The third-order valence-corrected chi connectivity index (χ3v) is 2.08. The molecule has 1 atom stereocenters. The summed E-state index contributed by atoms with van der Waals surface area (Å²) in [7, 11) is 0. The van der Waals surface area contributed by atoms with Crippen LogP contribution in [0.5, 0.6) is 0 Å². The summed E-state index contributed by atoms with van der Waals surface area (Å²) in [6, 6.07) is 0. The van der Waals surface area contributed by atoms with Gasteiger partial charge in [0, 0.05) is 6.54 Å². The predicted molar refractivity (Wildman–Crippen MR) is 58.3 cm³/mol. The van der Waals surface area contributed by atoms with E-state index in [0.29, 0.717) is 12.3 Å². The van der Waals surface area contributed by atoms with E-state index >= 15 is 0 Å². The number of aliphatic imine (C=N–C) groups is 1. The van der Waals surface area contributed by atoms with Crippen molar-refractivity contribution in [1.29, 1.82) is 0 Å². The van der Waals surface area contributed by atoms with E-state index < -0.39 is 5.60 Å². The van der Waals surface area contributed by atoms with Crippen LogP contribution in [0.15, 0.2) is 4.99 Å². The Morgan fingerprint density at radius 2 is 2.00 bits per heavy atom. The Balaban J connectivity index is 3.34. The number of nitrogens with zero attached hydrogens (tertiary/aromatic N) is 1. The summed E-state index contributed by atoms with van der Waals surface area (Å²) in [5.41, 5.74) is 4.45. The van der Waals surface area contributed by atoms with Crippen molar-refractivity contribution in [3.8, 4) is 0 Å². The maximum absolute atomic E-state index is 9.47. The molecular formula is C10H22N2O2. The van der Waals surface area contributed by atoms with Gasteiger partial charge in [0.25, 0.3) is 0 Å². The van der Waals surface area contributed by atoms with Crippen molar-refractivity contribution in [2.75, 3.05) is 13.2 Å². The smallest absolute Gasteiger partial charge is 0.0905 e. The van der Waals surface area contributed by atoms with Crippen LogP contribution in [0, 0.1) is 0 Å². The Labute approximate surface area is 85.8 Å². The molecule has 0 rings (SSSR count). The SMILES string of the molecule is CC(N)=NCCCCC[C@](C)(O)CO. The van der Waals surface area contributed by atoms with Gasteiger partial charge < -0.3 is 15.9 Å². The first-order valence-electron chi connectivity index (χ1n) is 5.08. The summed E-state index contributed by atoms with van der Waals surface area (Å²) >= 11 is 0. The van der Waals surface area contributed by atoms with Crippen molar-refractivity contribution in [2.24, 2.45) is 10.7 Å². The van der Waals surface area contributed by atoms with E-state index in [9.17, 15) is 5.11 Å². The molecule has 0 unspecified atom stereocenters. The van der Waals surface area contributed by atoms with Gasteiger partial charge in [-0.05, 0) is 26.7 Å². The average molecular weight is 202 g/mol. The highest BCUT2D eigenvalue weighted by Crippen LogP contribution is 2.13. The standard InChI is InChI=1S/C10H22N2O2/c1-9(11)12-7-5-3-4-6-10(2,14)8-13/h13-14H,3-8H2,1-2H3,(H2,11,12)/t10-/m0/s1. The number of nitrogens with two attached hydrogens (primary N) is 1. The number of unbranched alkanes of at least 4 members (excludes halogenated alkanes) is 2. The monoisotopic (exact) mass is 202 g/mol. The van der Waals surface area contributed by atoms with E-state index in [-0.39, 0.29) is 6.61 Å². The minimum Gasteiger partial charge on any atom is -0.393 e. The summed E-state index contributed by atoms with van der Waals surface area (Å²) in [5.74, 6) is 0.618. The lowest BCUT2D eigenvalue weighted by atomic mass is 9.99. The molecule has 0 aromatic carbocycles. The molecule has 0 saturated carbocycles. The van der Waals surface area contributed by atoms with E-state index in [1.54, 1.807) is 13.8 Å². The Bertz CT molecular complexity index is 175. The Morgan fingerprint density at radius 3 is 2.50 bits per heavy atom. The van der Waals surface area contributed by atoms with Gasteiger partial charge in [0.05, 0.1) is 18.0 Å². The molecular weight excluding hydrogens is 180 g/mol. The highest BCUT2D eigenvalue weighted by atomic mass is 16.3. The highest BCUT2D eigenvalue weighted by molar-refractivity contribution is 5.77. The van der Waals surface area contributed by atoms with Crippen LogP contribution in [0.2, 0.25) is 0 Å². The van der Waals surface area contributed by atoms with E-state index in [1.807, 2.05) is 0 Å². The fourth-order valence-electron chi connectivity index (χ4n) is 1.13. The quantitative estimate of drug-likeness (QED) is 0.322.